The molecule has 2 amide bonds. The van der Waals surface area contributed by atoms with Gasteiger partial charge in [-0.25, -0.2) is 4.79 Å². The normalized spacial score (nSPS) is 12.3. The zero-order valence-corrected chi connectivity index (χ0v) is 14.9. The van der Waals surface area contributed by atoms with Gasteiger partial charge in [0, 0.05) is 29.4 Å². The third kappa shape index (κ3) is 6.00. The van der Waals surface area contributed by atoms with Gasteiger partial charge in [-0.05, 0) is 43.0 Å². The van der Waals surface area contributed by atoms with E-state index in [-0.39, 0.29) is 6.03 Å². The van der Waals surface area contributed by atoms with Crippen molar-refractivity contribution in [3.63, 3.8) is 0 Å². The largest absolute Gasteiger partial charge is 0.327 e. The van der Waals surface area contributed by atoms with Crippen LogP contribution in [0.4, 0.5) is 10.5 Å². The molecule has 3 nitrogen and oxygen atoms in total. The molecule has 0 aliphatic carbocycles. The fourth-order valence-corrected chi connectivity index (χ4v) is 3.03. The molecule has 0 heterocycles. The molecule has 4 heteroatoms. The van der Waals surface area contributed by atoms with E-state index >= 15 is 0 Å². The summed E-state index contributed by atoms with van der Waals surface area (Å²) in [6.07, 6.45) is 1.15. The summed E-state index contributed by atoms with van der Waals surface area (Å²) in [4.78, 5) is 15.1. The summed E-state index contributed by atoms with van der Waals surface area (Å²) in [5.41, 5.74) is 2.00. The number of carbonyl (C=O) groups excluding carboxylic acids is 1. The number of amides is 2. The maximum absolute atomic E-state index is 12.1. The van der Waals surface area contributed by atoms with Gasteiger partial charge in [0.05, 0.1) is 0 Å². The fourth-order valence-electron chi connectivity index (χ4n) is 2.01. The van der Waals surface area contributed by atoms with Gasteiger partial charge in [-0.3, -0.25) is 0 Å². The van der Waals surface area contributed by atoms with E-state index < -0.39 is 0 Å². The lowest BCUT2D eigenvalue weighted by Crippen LogP contribution is -2.34. The number of nitrogens with zero attached hydrogens (tertiary/aromatic N) is 1. The number of carbonyl (C=O) groups is 1. The Balaban J connectivity index is 2.70. The van der Waals surface area contributed by atoms with Gasteiger partial charge in [-0.1, -0.05) is 27.7 Å². The third-order valence-corrected chi connectivity index (χ3v) is 4.60. The van der Waals surface area contributed by atoms with Crippen LogP contribution in [-0.4, -0.2) is 29.8 Å². The molecule has 0 aliphatic heterocycles. The maximum atomic E-state index is 12.1. The second-order valence-electron chi connectivity index (χ2n) is 6.02. The molecule has 0 spiro atoms. The Hall–Kier alpha value is -1.16. The van der Waals surface area contributed by atoms with Crippen LogP contribution in [0.15, 0.2) is 23.1 Å². The van der Waals surface area contributed by atoms with E-state index in [9.17, 15) is 4.79 Å². The summed E-state index contributed by atoms with van der Waals surface area (Å²) >= 11 is 1.88. The van der Waals surface area contributed by atoms with Gasteiger partial charge in [0.2, 0.25) is 0 Å². The summed E-state index contributed by atoms with van der Waals surface area (Å²) < 4.78 is 0. The average molecular weight is 308 g/mol. The highest BCUT2D eigenvalue weighted by Gasteiger charge is 2.12. The van der Waals surface area contributed by atoms with E-state index in [4.69, 9.17) is 0 Å². The molecule has 21 heavy (non-hydrogen) atoms. The Kier molecular flexibility index (Phi) is 7.09. The lowest BCUT2D eigenvalue weighted by molar-refractivity contribution is 0.217. The molecule has 0 aromatic heterocycles. The number of hydrogen-bond donors (Lipinski definition) is 1. The maximum Gasteiger partial charge on any atom is 0.321 e. The first-order valence-corrected chi connectivity index (χ1v) is 8.50. The smallest absolute Gasteiger partial charge is 0.321 e. The number of hydrogen-bond acceptors (Lipinski definition) is 2. The molecule has 0 fully saturated rings. The van der Waals surface area contributed by atoms with Gasteiger partial charge in [0.1, 0.15) is 0 Å². The number of urea groups is 1. The molecule has 0 bridgehead atoms. The molecule has 1 N–H and O–H groups in total. The zero-order valence-electron chi connectivity index (χ0n) is 14.1. The van der Waals surface area contributed by atoms with E-state index in [2.05, 4.69) is 45.1 Å². The molecule has 1 rings (SSSR count). The molecule has 1 unspecified atom stereocenters. The van der Waals surface area contributed by atoms with Crippen molar-refractivity contribution in [2.75, 3.05) is 18.9 Å². The van der Waals surface area contributed by atoms with Crippen LogP contribution < -0.4 is 5.32 Å². The van der Waals surface area contributed by atoms with E-state index in [0.29, 0.717) is 11.2 Å². The van der Waals surface area contributed by atoms with Crippen LogP contribution in [0.1, 0.15) is 39.7 Å². The van der Waals surface area contributed by atoms with Crippen LogP contribution in [0, 0.1) is 12.8 Å². The lowest BCUT2D eigenvalue weighted by atomic mass is 10.2. The number of benzene rings is 1. The van der Waals surface area contributed by atoms with Crippen LogP contribution in [0.3, 0.4) is 0 Å². The number of anilines is 1. The molecule has 0 radical (unpaired) electrons. The van der Waals surface area contributed by atoms with Crippen molar-refractivity contribution in [1.82, 2.24) is 4.90 Å². The lowest BCUT2D eigenvalue weighted by Gasteiger charge is -2.21. The highest BCUT2D eigenvalue weighted by Crippen LogP contribution is 2.28. The molecule has 1 aromatic rings. The first-order valence-electron chi connectivity index (χ1n) is 7.62. The summed E-state index contributed by atoms with van der Waals surface area (Å²) in [6, 6.07) is 6.19. The van der Waals surface area contributed by atoms with Crippen molar-refractivity contribution in [3.05, 3.63) is 23.8 Å². The van der Waals surface area contributed by atoms with E-state index in [1.807, 2.05) is 31.8 Å². The Morgan fingerprint density at radius 2 is 2.00 bits per heavy atom. The fraction of sp³-hybridized carbons (Fsp3) is 0.588. The van der Waals surface area contributed by atoms with Gasteiger partial charge in [-0.2, -0.15) is 0 Å². The predicted octanol–water partition coefficient (Wildman–Crippen LogP) is 5.01. The molecular weight excluding hydrogens is 280 g/mol. The SMILES string of the molecule is CCC(C)Sc1ccc(NC(=O)N(C)CC(C)C)c(C)c1. The minimum absolute atomic E-state index is 0.0471. The number of aryl methyl sites for hydroxylation is 1. The zero-order chi connectivity index (χ0) is 16.0. The van der Waals surface area contributed by atoms with Crippen LogP contribution >= 0.6 is 11.8 Å². The summed E-state index contributed by atoms with van der Waals surface area (Å²) in [5, 5.41) is 3.60. The van der Waals surface area contributed by atoms with Crippen molar-refractivity contribution >= 4 is 23.5 Å². The van der Waals surface area contributed by atoms with Crippen LogP contribution in [-0.2, 0) is 0 Å². The van der Waals surface area contributed by atoms with Crippen molar-refractivity contribution in [3.8, 4) is 0 Å². The monoisotopic (exact) mass is 308 g/mol. The second-order valence-corrected chi connectivity index (χ2v) is 7.53. The molecule has 118 valence electrons. The molecule has 0 saturated carbocycles. The van der Waals surface area contributed by atoms with E-state index in [1.54, 1.807) is 4.90 Å². The van der Waals surface area contributed by atoms with Crippen molar-refractivity contribution in [1.29, 1.82) is 0 Å². The molecule has 1 aromatic carbocycles. The average Bonchev–Trinajstić information content (AvgIpc) is 2.40. The number of thioether (sulfide) groups is 1. The topological polar surface area (TPSA) is 32.3 Å². The summed E-state index contributed by atoms with van der Waals surface area (Å²) in [6.45, 7) is 11.4. The highest BCUT2D eigenvalue weighted by atomic mass is 32.2. The van der Waals surface area contributed by atoms with Crippen LogP contribution in [0.5, 0.6) is 0 Å². The number of rotatable bonds is 6. The van der Waals surface area contributed by atoms with E-state index in [0.717, 1.165) is 24.2 Å². The van der Waals surface area contributed by atoms with Gasteiger partial charge in [-0.15, -0.1) is 11.8 Å². The molecule has 0 saturated heterocycles. The Labute approximate surface area is 133 Å². The van der Waals surface area contributed by atoms with Crippen molar-refractivity contribution < 1.29 is 4.79 Å². The van der Waals surface area contributed by atoms with E-state index in [1.165, 1.54) is 4.90 Å². The first-order chi connectivity index (χ1) is 9.83. The standard InChI is InChI=1S/C17H28N2OS/c1-7-14(5)21-15-8-9-16(13(4)10-15)18-17(20)19(6)11-12(2)3/h8-10,12,14H,7,11H2,1-6H3,(H,18,20). The minimum atomic E-state index is -0.0471. The third-order valence-electron chi connectivity index (χ3n) is 3.34. The second kappa shape index (κ2) is 8.32. The Morgan fingerprint density at radius 1 is 1.33 bits per heavy atom. The van der Waals surface area contributed by atoms with Gasteiger partial charge >= 0.3 is 6.03 Å². The van der Waals surface area contributed by atoms with Gasteiger partial charge in [0.15, 0.2) is 0 Å². The van der Waals surface area contributed by atoms with Crippen LogP contribution in [0.25, 0.3) is 0 Å². The Morgan fingerprint density at radius 3 is 2.52 bits per heavy atom. The minimum Gasteiger partial charge on any atom is -0.327 e. The predicted molar refractivity (Wildman–Crippen MR) is 93.3 cm³/mol. The molecular formula is C17H28N2OS. The van der Waals surface area contributed by atoms with Gasteiger partial charge < -0.3 is 10.2 Å². The Bertz CT molecular complexity index is 474. The highest BCUT2D eigenvalue weighted by molar-refractivity contribution is 7.99. The van der Waals surface area contributed by atoms with Crippen LogP contribution in [0.2, 0.25) is 0 Å². The molecule has 0 aliphatic rings. The van der Waals surface area contributed by atoms with Gasteiger partial charge in [0.25, 0.3) is 0 Å². The van der Waals surface area contributed by atoms with Crippen molar-refractivity contribution in [2.45, 2.75) is 51.2 Å². The first kappa shape index (κ1) is 17.9. The summed E-state index contributed by atoms with van der Waals surface area (Å²) in [5.74, 6) is 0.469. The quantitative estimate of drug-likeness (QED) is 0.750. The number of nitrogens with one attached hydrogen (secondary N) is 1. The van der Waals surface area contributed by atoms with Crippen molar-refractivity contribution in [2.24, 2.45) is 5.92 Å². The summed E-state index contributed by atoms with van der Waals surface area (Å²) in [7, 11) is 1.83. The molecule has 1 atom stereocenters.